The van der Waals surface area contributed by atoms with Gasteiger partial charge in [-0.05, 0) is 42.0 Å². The van der Waals surface area contributed by atoms with Crippen LogP contribution in [0.3, 0.4) is 0 Å². The maximum atomic E-state index is 11.6. The standard InChI is InChI=1S/C14H16BrNO/c1-8-6-13(17)16-12-5-2-9-7-10(15)3-4-11(9)14(8)12/h3-4,7-8,12,14H,2,5-6H2,1H3,(H,16,17). The van der Waals surface area contributed by atoms with Crippen LogP contribution in [0.2, 0.25) is 0 Å². The predicted octanol–water partition coefficient (Wildman–Crippen LogP) is 3.00. The van der Waals surface area contributed by atoms with E-state index in [1.165, 1.54) is 11.1 Å². The smallest absolute Gasteiger partial charge is 0.220 e. The van der Waals surface area contributed by atoms with E-state index >= 15 is 0 Å². The zero-order chi connectivity index (χ0) is 12.0. The van der Waals surface area contributed by atoms with Crippen LogP contribution in [-0.4, -0.2) is 11.9 Å². The molecule has 1 heterocycles. The summed E-state index contributed by atoms with van der Waals surface area (Å²) in [6.07, 6.45) is 2.81. The Bertz CT molecular complexity index is 471. The van der Waals surface area contributed by atoms with Gasteiger partial charge in [-0.15, -0.1) is 0 Å². The van der Waals surface area contributed by atoms with Crippen molar-refractivity contribution in [2.75, 3.05) is 0 Å². The highest BCUT2D eigenvalue weighted by atomic mass is 79.9. The van der Waals surface area contributed by atoms with Gasteiger partial charge in [-0.3, -0.25) is 4.79 Å². The third kappa shape index (κ3) is 1.90. The van der Waals surface area contributed by atoms with Crippen LogP contribution in [0.5, 0.6) is 0 Å². The molecule has 2 nitrogen and oxygen atoms in total. The predicted molar refractivity (Wildman–Crippen MR) is 70.9 cm³/mol. The fraction of sp³-hybridized carbons (Fsp3) is 0.500. The minimum atomic E-state index is 0.222. The van der Waals surface area contributed by atoms with Gasteiger partial charge in [-0.2, -0.15) is 0 Å². The first-order valence-electron chi connectivity index (χ1n) is 6.23. The molecule has 0 saturated carbocycles. The number of piperidine rings is 1. The van der Waals surface area contributed by atoms with Crippen molar-refractivity contribution in [3.05, 3.63) is 33.8 Å². The number of halogens is 1. The summed E-state index contributed by atoms with van der Waals surface area (Å²) >= 11 is 3.53. The Morgan fingerprint density at radius 3 is 3.06 bits per heavy atom. The van der Waals surface area contributed by atoms with Crippen LogP contribution in [0, 0.1) is 5.92 Å². The minimum absolute atomic E-state index is 0.222. The number of hydrogen-bond donors (Lipinski definition) is 1. The fourth-order valence-corrected chi connectivity index (χ4v) is 3.78. The molecule has 1 N–H and O–H groups in total. The molecule has 3 unspecified atom stereocenters. The third-order valence-corrected chi connectivity index (χ3v) is 4.58. The van der Waals surface area contributed by atoms with Gasteiger partial charge in [0.05, 0.1) is 0 Å². The summed E-state index contributed by atoms with van der Waals surface area (Å²) in [4.78, 5) is 11.6. The molecule has 1 aromatic carbocycles. The van der Waals surface area contributed by atoms with Crippen molar-refractivity contribution in [1.29, 1.82) is 0 Å². The third-order valence-electron chi connectivity index (χ3n) is 4.09. The Morgan fingerprint density at radius 1 is 1.41 bits per heavy atom. The van der Waals surface area contributed by atoms with Crippen molar-refractivity contribution in [3.63, 3.8) is 0 Å². The van der Waals surface area contributed by atoms with Crippen molar-refractivity contribution in [1.82, 2.24) is 5.32 Å². The van der Waals surface area contributed by atoms with E-state index in [1.54, 1.807) is 0 Å². The molecule has 1 fully saturated rings. The van der Waals surface area contributed by atoms with Gasteiger partial charge in [0.15, 0.2) is 0 Å². The van der Waals surface area contributed by atoms with Crippen LogP contribution in [0.15, 0.2) is 22.7 Å². The summed E-state index contributed by atoms with van der Waals surface area (Å²) in [6.45, 7) is 2.20. The summed E-state index contributed by atoms with van der Waals surface area (Å²) in [5.74, 6) is 1.18. The van der Waals surface area contributed by atoms with E-state index in [4.69, 9.17) is 0 Å². The first-order chi connectivity index (χ1) is 8.15. The summed E-state index contributed by atoms with van der Waals surface area (Å²) in [5, 5.41) is 3.15. The topological polar surface area (TPSA) is 29.1 Å². The van der Waals surface area contributed by atoms with Crippen molar-refractivity contribution < 1.29 is 4.79 Å². The van der Waals surface area contributed by atoms with Crippen LogP contribution in [-0.2, 0) is 11.2 Å². The Labute approximate surface area is 110 Å². The number of rotatable bonds is 0. The molecule has 2 aliphatic rings. The second-order valence-corrected chi connectivity index (χ2v) is 6.18. The molecule has 0 aromatic heterocycles. The van der Waals surface area contributed by atoms with Crippen LogP contribution in [0.1, 0.15) is 36.8 Å². The quantitative estimate of drug-likeness (QED) is 0.783. The largest absolute Gasteiger partial charge is 0.353 e. The molecule has 90 valence electrons. The molecule has 1 aliphatic heterocycles. The van der Waals surface area contributed by atoms with Crippen molar-refractivity contribution in [2.24, 2.45) is 5.92 Å². The lowest BCUT2D eigenvalue weighted by molar-refractivity contribution is -0.125. The van der Waals surface area contributed by atoms with Gasteiger partial charge in [-0.25, -0.2) is 0 Å². The van der Waals surface area contributed by atoms with E-state index in [0.717, 1.165) is 17.3 Å². The van der Waals surface area contributed by atoms with Gasteiger partial charge < -0.3 is 5.32 Å². The Balaban J connectivity index is 2.02. The van der Waals surface area contributed by atoms with E-state index in [0.29, 0.717) is 24.3 Å². The molecular formula is C14H16BrNO. The Morgan fingerprint density at radius 2 is 2.24 bits per heavy atom. The zero-order valence-corrected chi connectivity index (χ0v) is 11.5. The Kier molecular flexibility index (Phi) is 2.74. The molecule has 3 rings (SSSR count). The lowest BCUT2D eigenvalue weighted by Crippen LogP contribution is -2.49. The van der Waals surface area contributed by atoms with Crippen molar-refractivity contribution in [3.8, 4) is 0 Å². The first kappa shape index (κ1) is 11.3. The molecule has 0 spiro atoms. The minimum Gasteiger partial charge on any atom is -0.353 e. The van der Waals surface area contributed by atoms with Crippen molar-refractivity contribution in [2.45, 2.75) is 38.1 Å². The van der Waals surface area contributed by atoms with E-state index in [9.17, 15) is 4.79 Å². The molecule has 1 amide bonds. The van der Waals surface area contributed by atoms with Gasteiger partial charge >= 0.3 is 0 Å². The number of fused-ring (bicyclic) bond motifs is 3. The molecule has 3 heteroatoms. The maximum absolute atomic E-state index is 11.6. The lowest BCUT2D eigenvalue weighted by Gasteiger charge is -2.41. The summed E-state index contributed by atoms with van der Waals surface area (Å²) in [5.41, 5.74) is 2.89. The van der Waals surface area contributed by atoms with Crippen LogP contribution in [0.4, 0.5) is 0 Å². The molecule has 0 bridgehead atoms. The normalized spacial score (nSPS) is 31.4. The molecule has 1 aromatic rings. The highest BCUT2D eigenvalue weighted by Gasteiger charge is 2.38. The number of benzene rings is 1. The van der Waals surface area contributed by atoms with E-state index in [-0.39, 0.29) is 5.91 Å². The van der Waals surface area contributed by atoms with Gasteiger partial charge in [0.2, 0.25) is 5.91 Å². The second kappa shape index (κ2) is 4.13. The van der Waals surface area contributed by atoms with Crippen LogP contribution >= 0.6 is 15.9 Å². The SMILES string of the molecule is CC1CC(=O)NC2CCc3cc(Br)ccc3C12. The van der Waals surface area contributed by atoms with Crippen molar-refractivity contribution >= 4 is 21.8 Å². The monoisotopic (exact) mass is 293 g/mol. The van der Waals surface area contributed by atoms with Crippen LogP contribution in [0.25, 0.3) is 0 Å². The van der Waals surface area contributed by atoms with E-state index in [2.05, 4.69) is 46.4 Å². The summed E-state index contributed by atoms with van der Waals surface area (Å²) in [6, 6.07) is 6.92. The van der Waals surface area contributed by atoms with E-state index < -0.39 is 0 Å². The number of hydrogen-bond acceptors (Lipinski definition) is 1. The van der Waals surface area contributed by atoms with Gasteiger partial charge in [0, 0.05) is 22.9 Å². The average molecular weight is 294 g/mol. The maximum Gasteiger partial charge on any atom is 0.220 e. The molecular weight excluding hydrogens is 278 g/mol. The molecule has 1 saturated heterocycles. The fourth-order valence-electron chi connectivity index (χ4n) is 3.37. The number of amides is 1. The molecule has 17 heavy (non-hydrogen) atoms. The highest BCUT2D eigenvalue weighted by molar-refractivity contribution is 9.10. The van der Waals surface area contributed by atoms with Crippen LogP contribution < -0.4 is 5.32 Å². The number of nitrogens with one attached hydrogen (secondary N) is 1. The lowest BCUT2D eigenvalue weighted by atomic mass is 9.70. The van der Waals surface area contributed by atoms with E-state index in [1.807, 2.05) is 0 Å². The first-order valence-corrected chi connectivity index (χ1v) is 7.02. The molecule has 3 atom stereocenters. The molecule has 0 radical (unpaired) electrons. The second-order valence-electron chi connectivity index (χ2n) is 5.26. The Hall–Kier alpha value is -0.830. The number of carbonyl (C=O) groups excluding carboxylic acids is 1. The molecule has 1 aliphatic carbocycles. The number of aryl methyl sites for hydroxylation is 1. The zero-order valence-electron chi connectivity index (χ0n) is 9.87. The number of carbonyl (C=O) groups is 1. The average Bonchev–Trinajstić information content (AvgIpc) is 2.28. The van der Waals surface area contributed by atoms with Gasteiger partial charge in [0.1, 0.15) is 0 Å². The van der Waals surface area contributed by atoms with Gasteiger partial charge in [0.25, 0.3) is 0 Å². The highest BCUT2D eigenvalue weighted by Crippen LogP contribution is 2.41. The summed E-state index contributed by atoms with van der Waals surface area (Å²) < 4.78 is 1.15. The van der Waals surface area contributed by atoms with Gasteiger partial charge in [-0.1, -0.05) is 28.9 Å². The summed E-state index contributed by atoms with van der Waals surface area (Å²) in [7, 11) is 0.